The molecule has 1 saturated carbocycles. The van der Waals surface area contributed by atoms with Crippen molar-refractivity contribution in [3.05, 3.63) is 33.9 Å². The molecule has 1 aromatic rings. The van der Waals surface area contributed by atoms with Crippen LogP contribution < -0.4 is 11.1 Å². The van der Waals surface area contributed by atoms with Gasteiger partial charge in [0.05, 0.1) is 4.92 Å². The Morgan fingerprint density at radius 3 is 2.82 bits per heavy atom. The molecule has 0 radical (unpaired) electrons. The molecular formula is C14H16N4O3S. The molecule has 1 aliphatic carbocycles. The predicted molar refractivity (Wildman–Crippen MR) is 84.2 cm³/mol. The summed E-state index contributed by atoms with van der Waals surface area (Å²) >= 11 is 1.17. The largest absolute Gasteiger partial charge is 0.399 e. The Kier molecular flexibility index (Phi) is 5.22. The molecule has 7 nitrogen and oxygen atoms in total. The number of nitrogens with one attached hydrogen (secondary N) is 1. The summed E-state index contributed by atoms with van der Waals surface area (Å²) in [5.41, 5.74) is 5.74. The van der Waals surface area contributed by atoms with Gasteiger partial charge in [-0.2, -0.15) is 5.26 Å². The van der Waals surface area contributed by atoms with Gasteiger partial charge in [-0.15, -0.1) is 0 Å². The Balaban J connectivity index is 2.14. The average molecular weight is 320 g/mol. The summed E-state index contributed by atoms with van der Waals surface area (Å²) in [7, 11) is 0. The van der Waals surface area contributed by atoms with Gasteiger partial charge in [0.25, 0.3) is 11.6 Å². The molecule has 3 N–H and O–H groups in total. The summed E-state index contributed by atoms with van der Waals surface area (Å²) in [5, 5.41) is 24.7. The second-order valence-electron chi connectivity index (χ2n) is 5.18. The summed E-state index contributed by atoms with van der Waals surface area (Å²) in [4.78, 5) is 22.6. The molecule has 0 bridgehead atoms. The van der Waals surface area contributed by atoms with Crippen molar-refractivity contribution >= 4 is 29.0 Å². The zero-order valence-electron chi connectivity index (χ0n) is 11.8. The van der Waals surface area contributed by atoms with E-state index in [1.54, 1.807) is 0 Å². The number of benzene rings is 1. The highest BCUT2D eigenvalue weighted by Crippen LogP contribution is 2.28. The van der Waals surface area contributed by atoms with Crippen LogP contribution >= 0.6 is 11.8 Å². The number of hydrogen-bond acceptors (Lipinski definition) is 6. The number of amides is 1. The number of nitro benzene ring substituents is 1. The van der Waals surface area contributed by atoms with E-state index in [-0.39, 0.29) is 28.2 Å². The second kappa shape index (κ2) is 7.13. The van der Waals surface area contributed by atoms with Crippen molar-refractivity contribution in [2.75, 3.05) is 5.73 Å². The number of nitriles is 1. The molecule has 1 aromatic carbocycles. The van der Waals surface area contributed by atoms with Gasteiger partial charge in [0.2, 0.25) is 0 Å². The summed E-state index contributed by atoms with van der Waals surface area (Å²) in [5.74, 6) is -0.397. The van der Waals surface area contributed by atoms with Gasteiger partial charge in [0.15, 0.2) is 0 Å². The first-order valence-electron chi connectivity index (χ1n) is 6.92. The zero-order valence-corrected chi connectivity index (χ0v) is 12.6. The highest BCUT2D eigenvalue weighted by atomic mass is 32.2. The van der Waals surface area contributed by atoms with Crippen LogP contribution in [0.2, 0.25) is 0 Å². The molecule has 1 unspecified atom stereocenters. The number of nitro groups is 1. The third-order valence-corrected chi connectivity index (χ3v) is 4.61. The van der Waals surface area contributed by atoms with Crippen molar-refractivity contribution in [3.63, 3.8) is 0 Å². The number of hydrogen-bond donors (Lipinski definition) is 2. The maximum atomic E-state index is 12.3. The SMILES string of the molecule is N#CSC1CCCC[C@@H]1NC(=O)c1cc(N)cc([N+](=O)[O-])c1. The normalized spacial score (nSPS) is 20.9. The van der Waals surface area contributed by atoms with E-state index in [1.807, 2.05) is 0 Å². The van der Waals surface area contributed by atoms with Gasteiger partial charge in [0.1, 0.15) is 5.40 Å². The Bertz CT molecular complexity index is 629. The Labute approximate surface area is 132 Å². The minimum Gasteiger partial charge on any atom is -0.399 e. The van der Waals surface area contributed by atoms with Gasteiger partial charge in [0, 0.05) is 34.7 Å². The number of carbonyl (C=O) groups excluding carboxylic acids is 1. The first-order chi connectivity index (χ1) is 10.5. The van der Waals surface area contributed by atoms with Crippen LogP contribution in [-0.2, 0) is 0 Å². The minimum atomic E-state index is -0.581. The number of rotatable bonds is 4. The quantitative estimate of drug-likeness (QED) is 0.380. The Morgan fingerprint density at radius 1 is 1.41 bits per heavy atom. The third kappa shape index (κ3) is 3.89. The van der Waals surface area contributed by atoms with Crippen molar-refractivity contribution in [2.45, 2.75) is 37.0 Å². The van der Waals surface area contributed by atoms with Gasteiger partial charge >= 0.3 is 0 Å². The van der Waals surface area contributed by atoms with E-state index in [0.717, 1.165) is 25.7 Å². The number of thiocyanates is 1. The zero-order chi connectivity index (χ0) is 16.1. The third-order valence-electron chi connectivity index (χ3n) is 3.64. The summed E-state index contributed by atoms with van der Waals surface area (Å²) < 4.78 is 0. The van der Waals surface area contributed by atoms with Crippen LogP contribution in [0.25, 0.3) is 0 Å². The van der Waals surface area contributed by atoms with E-state index in [2.05, 4.69) is 10.7 Å². The Morgan fingerprint density at radius 2 is 2.14 bits per heavy atom. The standard InChI is InChI=1S/C14H16N4O3S/c15-8-22-13-4-2-1-3-12(13)17-14(19)9-5-10(16)7-11(6-9)18(20)21/h5-7,12-13H,1-4,16H2,(H,17,19)/t12-,13?/m0/s1. The molecule has 0 spiro atoms. The van der Waals surface area contributed by atoms with E-state index < -0.39 is 10.8 Å². The fourth-order valence-electron chi connectivity index (χ4n) is 2.59. The van der Waals surface area contributed by atoms with Crippen molar-refractivity contribution in [1.29, 1.82) is 5.26 Å². The maximum Gasteiger partial charge on any atom is 0.272 e. The molecule has 8 heteroatoms. The van der Waals surface area contributed by atoms with Crippen molar-refractivity contribution in [1.82, 2.24) is 5.32 Å². The molecule has 22 heavy (non-hydrogen) atoms. The molecule has 2 rings (SSSR count). The first kappa shape index (κ1) is 16.1. The van der Waals surface area contributed by atoms with E-state index >= 15 is 0 Å². The molecule has 1 fully saturated rings. The lowest BCUT2D eigenvalue weighted by Gasteiger charge is -2.29. The molecule has 0 heterocycles. The smallest absolute Gasteiger partial charge is 0.272 e. The van der Waals surface area contributed by atoms with Gasteiger partial charge in [-0.1, -0.05) is 12.8 Å². The molecule has 1 aliphatic rings. The lowest BCUT2D eigenvalue weighted by atomic mass is 9.94. The van der Waals surface area contributed by atoms with E-state index in [0.29, 0.717) is 0 Å². The van der Waals surface area contributed by atoms with Gasteiger partial charge in [-0.25, -0.2) is 0 Å². The number of non-ortho nitro benzene ring substituents is 1. The fraction of sp³-hybridized carbons (Fsp3) is 0.429. The molecule has 0 aromatic heterocycles. The van der Waals surface area contributed by atoms with E-state index in [9.17, 15) is 14.9 Å². The number of carbonyl (C=O) groups is 1. The summed E-state index contributed by atoms with van der Waals surface area (Å²) in [6, 6.07) is 3.73. The first-order valence-corrected chi connectivity index (χ1v) is 7.80. The highest BCUT2D eigenvalue weighted by molar-refractivity contribution is 8.04. The number of nitrogen functional groups attached to an aromatic ring is 1. The van der Waals surface area contributed by atoms with Crippen LogP contribution in [0.15, 0.2) is 18.2 Å². The molecular weight excluding hydrogens is 304 g/mol. The van der Waals surface area contributed by atoms with Crippen LogP contribution in [0.4, 0.5) is 11.4 Å². The van der Waals surface area contributed by atoms with Crippen LogP contribution in [-0.4, -0.2) is 22.1 Å². The minimum absolute atomic E-state index is 0.0544. The van der Waals surface area contributed by atoms with E-state index in [4.69, 9.17) is 11.0 Å². The Hall–Kier alpha value is -2.27. The van der Waals surface area contributed by atoms with Gasteiger partial charge in [-0.05, 0) is 30.7 Å². The number of nitrogens with zero attached hydrogens (tertiary/aromatic N) is 2. The molecule has 116 valence electrons. The van der Waals surface area contributed by atoms with Crippen LogP contribution in [0, 0.1) is 20.8 Å². The number of anilines is 1. The fourth-order valence-corrected chi connectivity index (χ4v) is 3.38. The van der Waals surface area contributed by atoms with Crippen molar-refractivity contribution in [3.8, 4) is 5.40 Å². The van der Waals surface area contributed by atoms with Crippen molar-refractivity contribution < 1.29 is 9.72 Å². The lowest BCUT2D eigenvalue weighted by molar-refractivity contribution is -0.384. The highest BCUT2D eigenvalue weighted by Gasteiger charge is 2.27. The summed E-state index contributed by atoms with van der Waals surface area (Å²) in [6.45, 7) is 0. The lowest BCUT2D eigenvalue weighted by Crippen LogP contribution is -2.43. The number of nitrogens with two attached hydrogens (primary N) is 1. The van der Waals surface area contributed by atoms with Crippen LogP contribution in [0.3, 0.4) is 0 Å². The topological polar surface area (TPSA) is 122 Å². The van der Waals surface area contributed by atoms with E-state index in [1.165, 1.54) is 30.0 Å². The maximum absolute atomic E-state index is 12.3. The summed E-state index contributed by atoms with van der Waals surface area (Å²) in [6.07, 6.45) is 3.70. The molecule has 0 aliphatic heterocycles. The monoisotopic (exact) mass is 320 g/mol. The van der Waals surface area contributed by atoms with Gasteiger partial charge < -0.3 is 11.1 Å². The number of thioether (sulfide) groups is 1. The second-order valence-corrected chi connectivity index (χ2v) is 6.21. The van der Waals surface area contributed by atoms with Crippen molar-refractivity contribution in [2.24, 2.45) is 0 Å². The predicted octanol–water partition coefficient (Wildman–Crippen LogP) is 2.43. The van der Waals surface area contributed by atoms with Gasteiger partial charge in [-0.3, -0.25) is 14.9 Å². The van der Waals surface area contributed by atoms with Crippen LogP contribution in [0.5, 0.6) is 0 Å². The molecule has 0 saturated heterocycles. The average Bonchev–Trinajstić information content (AvgIpc) is 2.48. The van der Waals surface area contributed by atoms with Crippen LogP contribution in [0.1, 0.15) is 36.0 Å². The molecule has 1 amide bonds. The molecule has 2 atom stereocenters.